The Morgan fingerprint density at radius 3 is 2.38 bits per heavy atom. The predicted molar refractivity (Wildman–Crippen MR) is 56.8 cm³/mol. The standard InChI is InChI=1S/C7H15N3O5S/c8-7(16)10-9-6-5(14)4(13)3(12)2(1-11)15-6/h2-6,9,11-14H,1H2,(H3,8,10,16)/t2-,3+,4+,5-,6?/m1/s1. The summed E-state index contributed by atoms with van der Waals surface area (Å²) in [5.74, 6) is 0. The first-order valence-electron chi connectivity index (χ1n) is 4.59. The van der Waals surface area contributed by atoms with Crippen LogP contribution in [0.25, 0.3) is 0 Å². The molecule has 1 rings (SSSR count). The second-order valence-corrected chi connectivity index (χ2v) is 3.82. The first-order chi connectivity index (χ1) is 7.47. The van der Waals surface area contributed by atoms with Crippen molar-refractivity contribution in [3.8, 4) is 0 Å². The third-order valence-electron chi connectivity index (χ3n) is 2.23. The maximum absolute atomic E-state index is 9.53. The lowest BCUT2D eigenvalue weighted by atomic mass is 9.99. The van der Waals surface area contributed by atoms with Crippen LogP contribution in [-0.4, -0.2) is 62.8 Å². The van der Waals surface area contributed by atoms with Crippen molar-refractivity contribution in [3.63, 3.8) is 0 Å². The first-order valence-corrected chi connectivity index (χ1v) is 4.99. The minimum Gasteiger partial charge on any atom is -0.394 e. The third kappa shape index (κ3) is 2.98. The quantitative estimate of drug-likeness (QED) is 0.199. The highest BCUT2D eigenvalue weighted by molar-refractivity contribution is 7.80. The van der Waals surface area contributed by atoms with Crippen LogP contribution in [-0.2, 0) is 4.74 Å². The van der Waals surface area contributed by atoms with E-state index in [4.69, 9.17) is 15.6 Å². The summed E-state index contributed by atoms with van der Waals surface area (Å²) < 4.78 is 5.08. The lowest BCUT2D eigenvalue weighted by molar-refractivity contribution is -0.238. The molecule has 0 aromatic rings. The lowest BCUT2D eigenvalue weighted by Gasteiger charge is -2.40. The highest BCUT2D eigenvalue weighted by Crippen LogP contribution is 2.19. The number of nitrogens with one attached hydrogen (secondary N) is 2. The fourth-order valence-corrected chi connectivity index (χ4v) is 1.42. The van der Waals surface area contributed by atoms with E-state index in [-0.39, 0.29) is 5.11 Å². The number of nitrogens with two attached hydrogens (primary N) is 1. The van der Waals surface area contributed by atoms with Gasteiger partial charge < -0.3 is 30.9 Å². The smallest absolute Gasteiger partial charge is 0.178 e. The van der Waals surface area contributed by atoms with Crippen LogP contribution in [0.15, 0.2) is 0 Å². The molecule has 0 aliphatic carbocycles. The normalized spacial score (nSPS) is 39.4. The van der Waals surface area contributed by atoms with Crippen LogP contribution in [0.2, 0.25) is 0 Å². The first kappa shape index (κ1) is 13.5. The SMILES string of the molecule is NC(=S)NNC1O[C@H](CO)[C@H](O)[C@H](O)[C@H]1O. The average Bonchev–Trinajstić information content (AvgIpc) is 2.25. The molecule has 1 aliphatic rings. The van der Waals surface area contributed by atoms with Crippen molar-refractivity contribution in [2.24, 2.45) is 5.73 Å². The number of ether oxygens (including phenoxy) is 1. The van der Waals surface area contributed by atoms with E-state index in [1.165, 1.54) is 0 Å². The molecule has 0 radical (unpaired) electrons. The zero-order valence-corrected chi connectivity index (χ0v) is 9.09. The van der Waals surface area contributed by atoms with Crippen molar-refractivity contribution < 1.29 is 25.2 Å². The molecule has 16 heavy (non-hydrogen) atoms. The topological polar surface area (TPSA) is 140 Å². The zero-order valence-electron chi connectivity index (χ0n) is 8.28. The molecule has 94 valence electrons. The van der Waals surface area contributed by atoms with Crippen LogP contribution >= 0.6 is 12.2 Å². The Morgan fingerprint density at radius 1 is 1.25 bits per heavy atom. The van der Waals surface area contributed by atoms with Crippen molar-refractivity contribution >= 4 is 17.3 Å². The summed E-state index contributed by atoms with van der Waals surface area (Å²) in [7, 11) is 0. The van der Waals surface area contributed by atoms with Crippen LogP contribution in [0, 0.1) is 0 Å². The van der Waals surface area contributed by atoms with Gasteiger partial charge in [0, 0.05) is 0 Å². The molecule has 1 saturated heterocycles. The number of aliphatic hydroxyl groups is 4. The van der Waals surface area contributed by atoms with Crippen LogP contribution in [0.4, 0.5) is 0 Å². The summed E-state index contributed by atoms with van der Waals surface area (Å²) in [6.45, 7) is -0.490. The van der Waals surface area contributed by atoms with Crippen molar-refractivity contribution in [2.45, 2.75) is 30.6 Å². The molecule has 0 aromatic heterocycles. The van der Waals surface area contributed by atoms with E-state index in [1.54, 1.807) is 0 Å². The second-order valence-electron chi connectivity index (χ2n) is 3.38. The van der Waals surface area contributed by atoms with Gasteiger partial charge in [-0.05, 0) is 12.2 Å². The molecular weight excluding hydrogens is 238 g/mol. The molecule has 0 spiro atoms. The van der Waals surface area contributed by atoms with Crippen molar-refractivity contribution in [1.82, 2.24) is 10.9 Å². The highest BCUT2D eigenvalue weighted by Gasteiger charge is 2.43. The molecule has 0 bridgehead atoms. The van der Waals surface area contributed by atoms with Gasteiger partial charge in [-0.1, -0.05) is 0 Å². The monoisotopic (exact) mass is 253 g/mol. The van der Waals surface area contributed by atoms with Gasteiger partial charge in [0.25, 0.3) is 0 Å². The van der Waals surface area contributed by atoms with E-state index in [0.717, 1.165) is 0 Å². The summed E-state index contributed by atoms with van der Waals surface area (Å²) in [6.07, 6.45) is -6.21. The molecule has 8 nitrogen and oxygen atoms in total. The fourth-order valence-electron chi connectivity index (χ4n) is 1.36. The van der Waals surface area contributed by atoms with Gasteiger partial charge in [0.15, 0.2) is 11.3 Å². The Bertz CT molecular complexity index is 254. The largest absolute Gasteiger partial charge is 0.394 e. The summed E-state index contributed by atoms with van der Waals surface area (Å²) in [5, 5.41) is 37.2. The van der Waals surface area contributed by atoms with Crippen LogP contribution < -0.4 is 16.6 Å². The Morgan fingerprint density at radius 2 is 1.88 bits per heavy atom. The van der Waals surface area contributed by atoms with Crippen LogP contribution in [0.1, 0.15) is 0 Å². The summed E-state index contributed by atoms with van der Waals surface area (Å²) >= 11 is 4.52. The Balaban J connectivity index is 2.60. The molecule has 1 aliphatic heterocycles. The van der Waals surface area contributed by atoms with Crippen LogP contribution in [0.5, 0.6) is 0 Å². The number of hydrogen-bond donors (Lipinski definition) is 7. The van der Waals surface area contributed by atoms with E-state index >= 15 is 0 Å². The Kier molecular flexibility index (Phi) is 4.80. The minimum atomic E-state index is -1.43. The Labute approximate surface area is 97.0 Å². The van der Waals surface area contributed by atoms with E-state index < -0.39 is 37.3 Å². The molecule has 0 aromatic carbocycles. The number of hydrogen-bond acceptors (Lipinski definition) is 7. The maximum atomic E-state index is 9.53. The molecule has 1 fully saturated rings. The minimum absolute atomic E-state index is 0.0723. The molecule has 5 atom stereocenters. The van der Waals surface area contributed by atoms with Gasteiger partial charge in [-0.15, -0.1) is 0 Å². The van der Waals surface area contributed by atoms with E-state index in [1.807, 2.05) is 0 Å². The van der Waals surface area contributed by atoms with Crippen molar-refractivity contribution in [2.75, 3.05) is 6.61 Å². The number of rotatable bonds is 3. The van der Waals surface area contributed by atoms with Gasteiger partial charge in [-0.2, -0.15) is 0 Å². The van der Waals surface area contributed by atoms with Gasteiger partial charge in [-0.3, -0.25) is 5.43 Å². The van der Waals surface area contributed by atoms with Gasteiger partial charge in [-0.25, -0.2) is 5.43 Å². The van der Waals surface area contributed by atoms with E-state index in [2.05, 4.69) is 23.1 Å². The van der Waals surface area contributed by atoms with Gasteiger partial charge >= 0.3 is 0 Å². The van der Waals surface area contributed by atoms with Crippen molar-refractivity contribution in [1.29, 1.82) is 0 Å². The average molecular weight is 253 g/mol. The van der Waals surface area contributed by atoms with Crippen LogP contribution in [0.3, 0.4) is 0 Å². The molecule has 0 amide bonds. The summed E-state index contributed by atoms with van der Waals surface area (Å²) in [6, 6.07) is 0. The predicted octanol–water partition coefficient (Wildman–Crippen LogP) is -3.88. The molecular formula is C7H15N3O5S. The van der Waals surface area contributed by atoms with E-state index in [0.29, 0.717) is 0 Å². The van der Waals surface area contributed by atoms with Gasteiger partial charge in [0.05, 0.1) is 6.61 Å². The van der Waals surface area contributed by atoms with Gasteiger partial charge in [0.2, 0.25) is 0 Å². The van der Waals surface area contributed by atoms with E-state index in [9.17, 15) is 15.3 Å². The third-order valence-corrected chi connectivity index (χ3v) is 2.33. The lowest BCUT2D eigenvalue weighted by Crippen LogP contribution is -2.65. The molecule has 0 saturated carbocycles. The molecule has 9 heteroatoms. The number of hydrazine groups is 1. The second kappa shape index (κ2) is 5.68. The zero-order chi connectivity index (χ0) is 12.3. The maximum Gasteiger partial charge on any atom is 0.178 e. The van der Waals surface area contributed by atoms with Gasteiger partial charge in [0.1, 0.15) is 24.4 Å². The highest BCUT2D eigenvalue weighted by atomic mass is 32.1. The summed E-state index contributed by atoms with van der Waals surface area (Å²) in [4.78, 5) is 0. The molecule has 1 unspecified atom stereocenters. The molecule has 1 heterocycles. The molecule has 8 N–H and O–H groups in total. The Hall–Kier alpha value is -0.550. The number of aliphatic hydroxyl groups excluding tert-OH is 4. The van der Waals surface area contributed by atoms with Crippen molar-refractivity contribution in [3.05, 3.63) is 0 Å². The fraction of sp³-hybridized carbons (Fsp3) is 0.857. The number of thiocarbonyl (C=S) groups is 1. The summed E-state index contributed by atoms with van der Waals surface area (Å²) in [5.41, 5.74) is 9.88.